The summed E-state index contributed by atoms with van der Waals surface area (Å²) in [5.74, 6) is 1.15. The van der Waals surface area contributed by atoms with E-state index in [2.05, 4.69) is 15.6 Å². The number of nitrogens with one attached hydrogen (secondary N) is 2. The van der Waals surface area contributed by atoms with Crippen molar-refractivity contribution in [3.8, 4) is 0 Å². The Morgan fingerprint density at radius 1 is 1.41 bits per heavy atom. The Kier molecular flexibility index (Phi) is 4.43. The predicted molar refractivity (Wildman–Crippen MR) is 88.4 cm³/mol. The van der Waals surface area contributed by atoms with E-state index in [1.807, 2.05) is 17.0 Å². The fourth-order valence-electron chi connectivity index (χ4n) is 2.63. The van der Waals surface area contributed by atoms with Crippen molar-refractivity contribution < 1.29 is 4.79 Å². The molecule has 0 aromatic carbocycles. The van der Waals surface area contributed by atoms with Gasteiger partial charge in [0.2, 0.25) is 0 Å². The van der Waals surface area contributed by atoms with E-state index in [0.717, 1.165) is 19.6 Å². The number of aromatic nitrogens is 1. The second kappa shape index (κ2) is 6.32. The van der Waals surface area contributed by atoms with Gasteiger partial charge in [0.25, 0.3) is 5.91 Å². The van der Waals surface area contributed by atoms with Gasteiger partial charge in [-0.25, -0.2) is 4.98 Å². The van der Waals surface area contributed by atoms with Gasteiger partial charge in [0.15, 0.2) is 0 Å². The van der Waals surface area contributed by atoms with Crippen molar-refractivity contribution in [3.63, 3.8) is 0 Å². The molecule has 7 heteroatoms. The topological polar surface area (TPSA) is 57.3 Å². The first-order valence-electron chi connectivity index (χ1n) is 7.88. The number of amides is 1. The third kappa shape index (κ3) is 3.64. The molecule has 2 fully saturated rings. The lowest BCUT2D eigenvalue weighted by Gasteiger charge is -2.39. The summed E-state index contributed by atoms with van der Waals surface area (Å²) in [4.78, 5) is 18.5. The van der Waals surface area contributed by atoms with Crippen molar-refractivity contribution >= 4 is 27.4 Å². The molecule has 0 unspecified atom stereocenters. The minimum Gasteiger partial charge on any atom is -0.367 e. The average Bonchev–Trinajstić information content (AvgIpc) is 3.32. The van der Waals surface area contributed by atoms with Crippen molar-refractivity contribution in [2.24, 2.45) is 5.92 Å². The highest BCUT2D eigenvalue weighted by molar-refractivity contribution is 6.41. The van der Waals surface area contributed by atoms with Crippen molar-refractivity contribution in [2.75, 3.05) is 31.1 Å². The number of carbonyl (C=O) groups excluding carboxylic acids is 1. The van der Waals surface area contributed by atoms with Gasteiger partial charge in [-0.15, -0.1) is 0 Å². The monoisotopic (exact) mass is 294 g/mol. The second-order valence-corrected chi connectivity index (χ2v) is 6.18. The zero-order valence-electron chi connectivity index (χ0n) is 12.7. The van der Waals surface area contributed by atoms with Crippen molar-refractivity contribution in [2.45, 2.75) is 24.6 Å². The maximum Gasteiger partial charge on any atom is 0.269 e. The van der Waals surface area contributed by atoms with Gasteiger partial charge in [0, 0.05) is 19.6 Å². The summed E-state index contributed by atoms with van der Waals surface area (Å²) in [6.45, 7) is 2.95. The molecule has 2 aliphatic rings. The van der Waals surface area contributed by atoms with Gasteiger partial charge in [0.05, 0.1) is 15.7 Å². The first kappa shape index (κ1) is 15.4. The molecule has 1 amide bonds. The molecule has 3 rings (SSSR count). The Balaban J connectivity index is 1.75. The highest BCUT2D eigenvalue weighted by atomic mass is 16.1. The van der Waals surface area contributed by atoms with E-state index in [0.29, 0.717) is 30.4 Å². The summed E-state index contributed by atoms with van der Waals surface area (Å²) in [5.41, 5.74) is 0.408. The quantitative estimate of drug-likeness (QED) is 0.768. The molecule has 0 spiro atoms. The minimum absolute atomic E-state index is 0.138. The number of carbonyl (C=O) groups is 1. The van der Waals surface area contributed by atoms with Gasteiger partial charge < -0.3 is 15.5 Å². The zero-order chi connectivity index (χ0) is 15.6. The van der Waals surface area contributed by atoms with Gasteiger partial charge in [-0.2, -0.15) is 0 Å². The van der Waals surface area contributed by atoms with Gasteiger partial charge in [-0.1, -0.05) is 6.07 Å². The number of hydrogen-bond acceptors (Lipinski definition) is 4. The Morgan fingerprint density at radius 3 is 3.00 bits per heavy atom. The van der Waals surface area contributed by atoms with E-state index in [-0.39, 0.29) is 5.91 Å². The number of hydrogen-bond donors (Lipinski definition) is 2. The lowest BCUT2D eigenvalue weighted by atomic mass is 9.59. The van der Waals surface area contributed by atoms with Crippen LogP contribution in [0, 0.1) is 5.92 Å². The molecule has 1 aromatic rings. The third-order valence-electron chi connectivity index (χ3n) is 4.21. The molecule has 0 bridgehead atoms. The van der Waals surface area contributed by atoms with E-state index in [1.54, 1.807) is 6.07 Å². The lowest BCUT2D eigenvalue weighted by Crippen LogP contribution is -2.51. The van der Waals surface area contributed by atoms with Gasteiger partial charge in [-0.05, 0) is 49.2 Å². The number of anilines is 1. The van der Waals surface area contributed by atoms with E-state index in [1.165, 1.54) is 12.8 Å². The first-order chi connectivity index (χ1) is 10.6. The molecule has 2 N–H and O–H groups in total. The number of nitrogens with zero attached hydrogens (tertiary/aromatic N) is 2. The summed E-state index contributed by atoms with van der Waals surface area (Å²) >= 11 is 0. The summed E-state index contributed by atoms with van der Waals surface area (Å²) in [5, 5.41) is 5.24. The van der Waals surface area contributed by atoms with Crippen LogP contribution < -0.4 is 15.5 Å². The summed E-state index contributed by atoms with van der Waals surface area (Å²) in [6, 6.07) is 5.39. The maximum absolute atomic E-state index is 12.2. The fraction of sp³-hybridized carbons (Fsp3) is 0.600. The average molecular weight is 294 g/mol. The summed E-state index contributed by atoms with van der Waals surface area (Å²) in [7, 11) is 12.4. The Morgan fingerprint density at radius 2 is 2.23 bits per heavy atom. The molecule has 0 atom stereocenters. The molecule has 1 saturated heterocycles. The zero-order valence-corrected chi connectivity index (χ0v) is 12.7. The fourth-order valence-corrected chi connectivity index (χ4v) is 2.63. The highest BCUT2D eigenvalue weighted by Crippen LogP contribution is 2.27. The molecular weight excluding hydrogens is 274 g/mol. The normalized spacial score (nSPS) is 21.2. The Labute approximate surface area is 134 Å². The molecule has 112 valence electrons. The standard InChI is InChI=1S/C15H20B2N4O/c16-15(17)6-7-18-8-9-21(15)13-3-1-2-12(20-13)14(22)19-10-11-4-5-11/h1-3,11,18H,4-10H2,(H,19,22). The Hall–Kier alpha value is -1.49. The van der Waals surface area contributed by atoms with Crippen LogP contribution in [-0.2, 0) is 0 Å². The predicted octanol–water partition coefficient (Wildman–Crippen LogP) is 0.0119. The van der Waals surface area contributed by atoms with Crippen LogP contribution in [0.15, 0.2) is 18.2 Å². The van der Waals surface area contributed by atoms with Gasteiger partial charge >= 0.3 is 0 Å². The van der Waals surface area contributed by atoms with Crippen LogP contribution in [0.2, 0.25) is 0 Å². The van der Waals surface area contributed by atoms with Crippen LogP contribution >= 0.6 is 0 Å². The Bertz CT molecular complexity index is 548. The molecule has 2 heterocycles. The lowest BCUT2D eigenvalue weighted by molar-refractivity contribution is 0.0947. The van der Waals surface area contributed by atoms with Crippen LogP contribution in [0.1, 0.15) is 29.8 Å². The third-order valence-corrected chi connectivity index (χ3v) is 4.21. The molecule has 22 heavy (non-hydrogen) atoms. The second-order valence-electron chi connectivity index (χ2n) is 6.18. The molecule has 4 radical (unpaired) electrons. The SMILES string of the molecule is [B]C1([B])CCNCCN1c1cccc(C(=O)NCC2CC2)n1. The number of pyridine rings is 1. The molecule has 1 aliphatic heterocycles. The van der Waals surface area contributed by atoms with Crippen LogP contribution in [0.4, 0.5) is 5.82 Å². The van der Waals surface area contributed by atoms with Crippen LogP contribution in [0.5, 0.6) is 0 Å². The van der Waals surface area contributed by atoms with E-state index >= 15 is 0 Å². The van der Waals surface area contributed by atoms with Crippen molar-refractivity contribution in [3.05, 3.63) is 23.9 Å². The van der Waals surface area contributed by atoms with Crippen LogP contribution in [0.3, 0.4) is 0 Å². The van der Waals surface area contributed by atoms with Crippen molar-refractivity contribution in [1.82, 2.24) is 15.6 Å². The van der Waals surface area contributed by atoms with E-state index in [4.69, 9.17) is 15.7 Å². The van der Waals surface area contributed by atoms with Gasteiger partial charge in [0.1, 0.15) is 11.5 Å². The molecular formula is C15H20B2N4O. The molecule has 1 aromatic heterocycles. The van der Waals surface area contributed by atoms with Crippen LogP contribution in [0.25, 0.3) is 0 Å². The smallest absolute Gasteiger partial charge is 0.269 e. The van der Waals surface area contributed by atoms with Crippen LogP contribution in [-0.4, -0.2) is 58.1 Å². The van der Waals surface area contributed by atoms with E-state index in [9.17, 15) is 4.79 Å². The number of rotatable bonds is 4. The van der Waals surface area contributed by atoms with E-state index < -0.39 is 5.34 Å². The molecule has 1 aliphatic carbocycles. The maximum atomic E-state index is 12.2. The van der Waals surface area contributed by atoms with Gasteiger partial charge in [-0.3, -0.25) is 4.79 Å². The first-order valence-corrected chi connectivity index (χ1v) is 7.88. The molecule has 5 nitrogen and oxygen atoms in total. The summed E-state index contributed by atoms with van der Waals surface area (Å²) < 4.78 is 0. The molecule has 1 saturated carbocycles. The minimum atomic E-state index is -0.959. The van der Waals surface area contributed by atoms with Crippen molar-refractivity contribution in [1.29, 1.82) is 0 Å². The highest BCUT2D eigenvalue weighted by Gasteiger charge is 2.28. The summed E-state index contributed by atoms with van der Waals surface area (Å²) in [6.07, 6.45) is 3.03. The largest absolute Gasteiger partial charge is 0.367 e.